The molecule has 49 heavy (non-hydrogen) atoms. The number of aliphatic imine (C=N–C) groups is 1. The van der Waals surface area contributed by atoms with Crippen LogP contribution in [0, 0.1) is 0 Å². The third-order valence-corrected chi connectivity index (χ3v) is 6.88. The normalized spacial score (nSPS) is 12.7. The van der Waals surface area contributed by atoms with Crippen molar-refractivity contribution in [1.29, 1.82) is 0 Å². The minimum atomic E-state index is -1.27. The van der Waals surface area contributed by atoms with E-state index in [2.05, 4.69) is 26.3 Å². The molecule has 0 aromatic heterocycles. The van der Waals surface area contributed by atoms with Gasteiger partial charge in [0.25, 0.3) is 0 Å². The molecule has 0 heterocycles. The number of amides is 4. The van der Waals surface area contributed by atoms with Crippen LogP contribution < -0.4 is 32.7 Å². The van der Waals surface area contributed by atoms with Gasteiger partial charge in [-0.3, -0.25) is 14.6 Å². The molecule has 15 heteroatoms. The van der Waals surface area contributed by atoms with Crippen molar-refractivity contribution in [2.24, 2.45) is 16.5 Å². The van der Waals surface area contributed by atoms with E-state index in [4.69, 9.17) is 20.9 Å². The summed E-state index contributed by atoms with van der Waals surface area (Å²) < 4.78 is 10.6. The first-order valence-electron chi connectivity index (χ1n) is 16.1. The maximum Gasteiger partial charge on any atom is 0.408 e. The standard InChI is InChI=1S/C34H49N7O8/c1-34(2,3)49-32(46)38-19-11-10-17-25(41-33(47)48-22-24-15-8-5-9-16-24)28(42)40-27(21-23-13-6-4-7-14-23)29(43)39-26(30(44)45)18-12-20-37-31(35)36/h4-9,13-16,25-27H,10-12,17-22H2,1-3H3,(H,38,46)(H,39,43)(H,40,42)(H,41,47)(H,44,45)(H4,35,36,37)/t25-,26+,27+/m1/s1. The molecule has 3 atom stereocenters. The Morgan fingerprint density at radius 2 is 1.33 bits per heavy atom. The molecule has 0 aliphatic heterocycles. The predicted octanol–water partition coefficient (Wildman–Crippen LogP) is 2.33. The molecule has 15 nitrogen and oxygen atoms in total. The van der Waals surface area contributed by atoms with Crippen LogP contribution in [0.25, 0.3) is 0 Å². The van der Waals surface area contributed by atoms with Crippen LogP contribution in [0.2, 0.25) is 0 Å². The lowest BCUT2D eigenvalue weighted by Gasteiger charge is -2.25. The minimum Gasteiger partial charge on any atom is -0.480 e. The average molecular weight is 684 g/mol. The second kappa shape index (κ2) is 20.8. The van der Waals surface area contributed by atoms with E-state index in [0.717, 1.165) is 5.56 Å². The largest absolute Gasteiger partial charge is 0.480 e. The lowest BCUT2D eigenvalue weighted by atomic mass is 10.0. The molecule has 0 spiro atoms. The molecule has 268 valence electrons. The van der Waals surface area contributed by atoms with Gasteiger partial charge in [-0.15, -0.1) is 0 Å². The topological polar surface area (TPSA) is 237 Å². The summed E-state index contributed by atoms with van der Waals surface area (Å²) in [5, 5.41) is 20.2. The highest BCUT2D eigenvalue weighted by molar-refractivity contribution is 5.93. The van der Waals surface area contributed by atoms with Gasteiger partial charge in [0, 0.05) is 19.5 Å². The van der Waals surface area contributed by atoms with Crippen LogP contribution in [0.4, 0.5) is 9.59 Å². The van der Waals surface area contributed by atoms with Crippen LogP contribution in [0.3, 0.4) is 0 Å². The van der Waals surface area contributed by atoms with Crippen molar-refractivity contribution in [1.82, 2.24) is 21.3 Å². The molecule has 9 N–H and O–H groups in total. The Balaban J connectivity index is 2.16. The number of nitrogens with one attached hydrogen (secondary N) is 4. The van der Waals surface area contributed by atoms with Crippen molar-refractivity contribution < 1.29 is 38.6 Å². The number of alkyl carbamates (subject to hydrolysis) is 2. The Hall–Kier alpha value is -5.34. The highest BCUT2D eigenvalue weighted by Gasteiger charge is 2.30. The summed E-state index contributed by atoms with van der Waals surface area (Å²) in [6.45, 7) is 5.66. The van der Waals surface area contributed by atoms with E-state index in [0.29, 0.717) is 18.4 Å². The average Bonchev–Trinajstić information content (AvgIpc) is 3.04. The Bertz CT molecular complexity index is 1380. The van der Waals surface area contributed by atoms with Gasteiger partial charge in [0.05, 0.1) is 0 Å². The molecule has 0 saturated carbocycles. The van der Waals surface area contributed by atoms with E-state index >= 15 is 0 Å². The van der Waals surface area contributed by atoms with Crippen LogP contribution in [0.5, 0.6) is 0 Å². The van der Waals surface area contributed by atoms with Crippen LogP contribution in [0.1, 0.15) is 64.0 Å². The maximum absolute atomic E-state index is 13.7. The van der Waals surface area contributed by atoms with Gasteiger partial charge >= 0.3 is 18.2 Å². The summed E-state index contributed by atoms with van der Waals surface area (Å²) in [6, 6.07) is 14.3. The summed E-state index contributed by atoms with van der Waals surface area (Å²) in [4.78, 5) is 67.7. The van der Waals surface area contributed by atoms with Gasteiger partial charge in [0.1, 0.15) is 30.3 Å². The molecule has 0 saturated heterocycles. The molecule has 0 bridgehead atoms. The second-order valence-corrected chi connectivity index (χ2v) is 12.3. The zero-order chi connectivity index (χ0) is 36.2. The van der Waals surface area contributed by atoms with Crippen LogP contribution in [-0.2, 0) is 36.9 Å². The zero-order valence-corrected chi connectivity index (χ0v) is 28.3. The van der Waals surface area contributed by atoms with E-state index in [9.17, 15) is 29.1 Å². The van der Waals surface area contributed by atoms with Crippen LogP contribution in [-0.4, -0.2) is 77.9 Å². The molecule has 2 rings (SSSR count). The third-order valence-electron chi connectivity index (χ3n) is 6.88. The van der Waals surface area contributed by atoms with E-state index < -0.39 is 53.7 Å². The molecular weight excluding hydrogens is 634 g/mol. The highest BCUT2D eigenvalue weighted by atomic mass is 16.6. The Morgan fingerprint density at radius 1 is 0.755 bits per heavy atom. The fraction of sp³-hybridized carbons (Fsp3) is 0.471. The SMILES string of the molecule is CC(C)(C)OC(=O)NCCCC[C@@H](NC(=O)OCc1ccccc1)C(=O)N[C@@H](Cc1ccccc1)C(=O)N[C@@H](CCCN=C(N)N)C(=O)O. The summed E-state index contributed by atoms with van der Waals surface area (Å²) in [6.07, 6.45) is -0.0453. The van der Waals surface area contributed by atoms with Gasteiger partial charge in [-0.2, -0.15) is 0 Å². The molecule has 0 fully saturated rings. The summed E-state index contributed by atoms with van der Waals surface area (Å²) in [5.74, 6) is -2.79. The Morgan fingerprint density at radius 3 is 1.92 bits per heavy atom. The fourth-order valence-electron chi connectivity index (χ4n) is 4.52. The number of benzene rings is 2. The second-order valence-electron chi connectivity index (χ2n) is 12.3. The van der Waals surface area contributed by atoms with Crippen molar-refractivity contribution in [3.8, 4) is 0 Å². The van der Waals surface area contributed by atoms with Crippen molar-refractivity contribution in [3.05, 3.63) is 71.8 Å². The van der Waals surface area contributed by atoms with Gasteiger partial charge in [-0.25, -0.2) is 14.4 Å². The zero-order valence-electron chi connectivity index (χ0n) is 28.3. The predicted molar refractivity (Wildman–Crippen MR) is 183 cm³/mol. The number of hydrogen-bond donors (Lipinski definition) is 7. The van der Waals surface area contributed by atoms with Gasteiger partial charge < -0.3 is 47.3 Å². The van der Waals surface area contributed by atoms with Crippen molar-refractivity contribution in [2.45, 2.75) is 89.6 Å². The van der Waals surface area contributed by atoms with Gasteiger partial charge in [-0.1, -0.05) is 60.7 Å². The monoisotopic (exact) mass is 683 g/mol. The van der Waals surface area contributed by atoms with Gasteiger partial charge in [0.2, 0.25) is 11.8 Å². The number of rotatable bonds is 19. The van der Waals surface area contributed by atoms with Crippen LogP contribution in [0.15, 0.2) is 65.7 Å². The van der Waals surface area contributed by atoms with Crippen molar-refractivity contribution in [3.63, 3.8) is 0 Å². The fourth-order valence-corrected chi connectivity index (χ4v) is 4.52. The first-order chi connectivity index (χ1) is 23.2. The molecule has 0 radical (unpaired) electrons. The summed E-state index contributed by atoms with van der Waals surface area (Å²) in [5.41, 5.74) is 11.5. The number of nitrogens with two attached hydrogens (primary N) is 2. The first kappa shape index (κ1) is 39.8. The first-order valence-corrected chi connectivity index (χ1v) is 16.1. The number of carboxylic acids is 1. The number of carbonyl (C=O) groups is 5. The smallest absolute Gasteiger partial charge is 0.408 e. The number of aliphatic carboxylic acids is 1. The quantitative estimate of drug-likeness (QED) is 0.0648. The maximum atomic E-state index is 13.7. The molecule has 0 unspecified atom stereocenters. The van der Waals surface area contributed by atoms with E-state index in [1.807, 2.05) is 6.07 Å². The molecule has 2 aromatic carbocycles. The molecule has 2 aromatic rings. The lowest BCUT2D eigenvalue weighted by molar-refractivity contribution is -0.142. The lowest BCUT2D eigenvalue weighted by Crippen LogP contribution is -2.56. The van der Waals surface area contributed by atoms with Crippen molar-refractivity contribution in [2.75, 3.05) is 13.1 Å². The molecule has 4 amide bonds. The van der Waals surface area contributed by atoms with Gasteiger partial charge in [0.15, 0.2) is 5.96 Å². The number of guanidine groups is 1. The van der Waals surface area contributed by atoms with E-state index in [1.165, 1.54) is 0 Å². The van der Waals surface area contributed by atoms with E-state index in [1.54, 1.807) is 75.4 Å². The highest BCUT2D eigenvalue weighted by Crippen LogP contribution is 2.10. The number of carboxylic acid groups (broad SMARTS) is 1. The summed E-state index contributed by atoms with van der Waals surface area (Å²) in [7, 11) is 0. The number of nitrogens with zero attached hydrogens (tertiary/aromatic N) is 1. The summed E-state index contributed by atoms with van der Waals surface area (Å²) >= 11 is 0. The number of unbranched alkanes of at least 4 members (excludes halogenated alkanes) is 1. The Labute approximate surface area is 286 Å². The number of ether oxygens (including phenoxy) is 2. The van der Waals surface area contributed by atoms with Gasteiger partial charge in [-0.05, 0) is 64.0 Å². The minimum absolute atomic E-state index is 0.0282. The third kappa shape index (κ3) is 17.4. The molecular formula is C34H49N7O8. The molecule has 0 aliphatic carbocycles. The van der Waals surface area contributed by atoms with Crippen molar-refractivity contribution >= 4 is 35.9 Å². The molecule has 0 aliphatic rings. The number of carbonyl (C=O) groups excluding carboxylic acids is 4. The van der Waals surface area contributed by atoms with Crippen LogP contribution >= 0.6 is 0 Å². The number of hydrogen-bond acceptors (Lipinski definition) is 8. The van der Waals surface area contributed by atoms with E-state index in [-0.39, 0.29) is 51.3 Å². The Kier molecular flexibility index (Phi) is 16.9.